The molecule has 0 fully saturated rings. The maximum absolute atomic E-state index is 12.3. The van der Waals surface area contributed by atoms with Crippen molar-refractivity contribution in [3.8, 4) is 5.13 Å². The Labute approximate surface area is 148 Å². The molecule has 4 aromatic rings. The summed E-state index contributed by atoms with van der Waals surface area (Å²) in [6.45, 7) is 1.90. The molecule has 0 aliphatic heterocycles. The molecule has 25 heavy (non-hydrogen) atoms. The van der Waals surface area contributed by atoms with Gasteiger partial charge in [0.2, 0.25) is 5.91 Å². The molecule has 0 aliphatic rings. The van der Waals surface area contributed by atoms with E-state index in [2.05, 4.69) is 20.5 Å². The molecule has 1 atom stereocenters. The van der Waals surface area contributed by atoms with Crippen LogP contribution in [-0.4, -0.2) is 30.1 Å². The number of carbonyl (C=O) groups is 1. The number of thiazole rings is 1. The first-order valence-corrected chi connectivity index (χ1v) is 8.75. The molecule has 8 heteroatoms. The van der Waals surface area contributed by atoms with Crippen molar-refractivity contribution in [2.75, 3.05) is 0 Å². The Bertz CT molecular complexity index is 1000. The molecule has 4 rings (SSSR count). The van der Waals surface area contributed by atoms with Crippen molar-refractivity contribution in [1.29, 1.82) is 0 Å². The lowest BCUT2D eigenvalue weighted by Crippen LogP contribution is -2.29. The SMILES string of the molecule is CC(NC(=O)Cc1csc(-n2cccc2)n1)c1nnc2ccccn12. The van der Waals surface area contributed by atoms with Crippen LogP contribution in [0.15, 0.2) is 54.3 Å². The molecular weight excluding hydrogens is 336 g/mol. The second-order valence-corrected chi connectivity index (χ2v) is 6.50. The molecule has 1 unspecified atom stereocenters. The van der Waals surface area contributed by atoms with Gasteiger partial charge in [-0.15, -0.1) is 21.5 Å². The fraction of sp³-hybridized carbons (Fsp3) is 0.176. The first-order valence-electron chi connectivity index (χ1n) is 7.87. The lowest BCUT2D eigenvalue weighted by atomic mass is 10.2. The van der Waals surface area contributed by atoms with Gasteiger partial charge in [-0.2, -0.15) is 0 Å². The van der Waals surface area contributed by atoms with Gasteiger partial charge in [0.15, 0.2) is 16.6 Å². The number of hydrogen-bond donors (Lipinski definition) is 1. The average molecular weight is 352 g/mol. The average Bonchev–Trinajstić information content (AvgIpc) is 3.34. The minimum atomic E-state index is -0.243. The van der Waals surface area contributed by atoms with E-state index in [-0.39, 0.29) is 18.4 Å². The Hall–Kier alpha value is -3.00. The molecular formula is C17H16N6OS. The van der Waals surface area contributed by atoms with Crippen molar-refractivity contribution in [2.45, 2.75) is 19.4 Å². The zero-order valence-corrected chi connectivity index (χ0v) is 14.3. The van der Waals surface area contributed by atoms with E-state index in [1.54, 1.807) is 0 Å². The molecule has 0 aliphatic carbocycles. The van der Waals surface area contributed by atoms with Gasteiger partial charge in [-0.3, -0.25) is 9.20 Å². The van der Waals surface area contributed by atoms with E-state index in [1.807, 2.05) is 70.2 Å². The normalized spacial score (nSPS) is 12.4. The van der Waals surface area contributed by atoms with Gasteiger partial charge in [0, 0.05) is 24.0 Å². The molecule has 1 amide bonds. The second-order valence-electron chi connectivity index (χ2n) is 5.66. The fourth-order valence-corrected chi connectivity index (χ4v) is 3.43. The van der Waals surface area contributed by atoms with Crippen LogP contribution in [0.5, 0.6) is 0 Å². The van der Waals surface area contributed by atoms with E-state index >= 15 is 0 Å². The largest absolute Gasteiger partial charge is 0.346 e. The predicted molar refractivity (Wildman–Crippen MR) is 94.7 cm³/mol. The van der Waals surface area contributed by atoms with Crippen LogP contribution in [-0.2, 0) is 11.2 Å². The highest BCUT2D eigenvalue weighted by Crippen LogP contribution is 2.16. The van der Waals surface area contributed by atoms with Crippen molar-refractivity contribution in [2.24, 2.45) is 0 Å². The maximum atomic E-state index is 12.3. The number of aromatic nitrogens is 5. The Morgan fingerprint density at radius 2 is 2.00 bits per heavy atom. The van der Waals surface area contributed by atoms with Gasteiger partial charge in [0.1, 0.15) is 0 Å². The van der Waals surface area contributed by atoms with Crippen molar-refractivity contribution in [3.63, 3.8) is 0 Å². The first-order chi connectivity index (χ1) is 12.2. The van der Waals surface area contributed by atoms with E-state index in [0.717, 1.165) is 16.5 Å². The quantitative estimate of drug-likeness (QED) is 0.598. The van der Waals surface area contributed by atoms with Crippen LogP contribution in [0, 0.1) is 0 Å². The van der Waals surface area contributed by atoms with Crippen LogP contribution in [0.4, 0.5) is 0 Å². The highest BCUT2D eigenvalue weighted by molar-refractivity contribution is 7.12. The fourth-order valence-electron chi connectivity index (χ4n) is 2.63. The summed E-state index contributed by atoms with van der Waals surface area (Å²) >= 11 is 1.51. The predicted octanol–water partition coefficient (Wildman–Crippen LogP) is 2.40. The van der Waals surface area contributed by atoms with Crippen molar-refractivity contribution >= 4 is 22.9 Å². The van der Waals surface area contributed by atoms with Crippen LogP contribution in [0.25, 0.3) is 10.8 Å². The Balaban J connectivity index is 1.43. The number of nitrogens with one attached hydrogen (secondary N) is 1. The summed E-state index contributed by atoms with van der Waals surface area (Å²) in [6, 6.07) is 9.33. The Kier molecular flexibility index (Phi) is 4.02. The lowest BCUT2D eigenvalue weighted by molar-refractivity contribution is -0.121. The number of hydrogen-bond acceptors (Lipinski definition) is 5. The Morgan fingerprint density at radius 1 is 1.20 bits per heavy atom. The van der Waals surface area contributed by atoms with E-state index in [4.69, 9.17) is 0 Å². The number of nitrogens with zero attached hydrogens (tertiary/aromatic N) is 5. The maximum Gasteiger partial charge on any atom is 0.226 e. The van der Waals surface area contributed by atoms with E-state index < -0.39 is 0 Å². The zero-order valence-electron chi connectivity index (χ0n) is 13.5. The van der Waals surface area contributed by atoms with Gasteiger partial charge in [-0.1, -0.05) is 6.07 Å². The van der Waals surface area contributed by atoms with Crippen molar-refractivity contribution in [3.05, 3.63) is 65.8 Å². The third-order valence-corrected chi connectivity index (χ3v) is 4.71. The van der Waals surface area contributed by atoms with Crippen LogP contribution >= 0.6 is 11.3 Å². The van der Waals surface area contributed by atoms with Gasteiger partial charge in [0.05, 0.1) is 18.2 Å². The summed E-state index contributed by atoms with van der Waals surface area (Å²) in [5.41, 5.74) is 1.51. The summed E-state index contributed by atoms with van der Waals surface area (Å²) in [6.07, 6.45) is 5.98. The third-order valence-electron chi connectivity index (χ3n) is 3.81. The molecule has 126 valence electrons. The minimum Gasteiger partial charge on any atom is -0.346 e. The molecule has 0 spiro atoms. The number of amides is 1. The minimum absolute atomic E-state index is 0.0930. The number of carbonyl (C=O) groups excluding carboxylic acids is 1. The first kappa shape index (κ1) is 15.5. The van der Waals surface area contributed by atoms with Crippen LogP contribution in [0.3, 0.4) is 0 Å². The molecule has 0 bridgehead atoms. The van der Waals surface area contributed by atoms with Crippen LogP contribution in [0.2, 0.25) is 0 Å². The van der Waals surface area contributed by atoms with Crippen LogP contribution in [0.1, 0.15) is 24.5 Å². The van der Waals surface area contributed by atoms with E-state index in [9.17, 15) is 4.79 Å². The molecule has 0 radical (unpaired) electrons. The monoisotopic (exact) mass is 352 g/mol. The number of pyridine rings is 1. The molecule has 4 heterocycles. The topological polar surface area (TPSA) is 77.1 Å². The third kappa shape index (κ3) is 3.16. The van der Waals surface area contributed by atoms with Gasteiger partial charge in [-0.05, 0) is 31.2 Å². The summed E-state index contributed by atoms with van der Waals surface area (Å²) in [5, 5.41) is 14.0. The van der Waals surface area contributed by atoms with Crippen molar-refractivity contribution in [1.82, 2.24) is 29.5 Å². The highest BCUT2D eigenvalue weighted by atomic mass is 32.1. The lowest BCUT2D eigenvalue weighted by Gasteiger charge is -2.11. The molecule has 0 saturated heterocycles. The van der Waals surface area contributed by atoms with Gasteiger partial charge in [-0.25, -0.2) is 4.98 Å². The Morgan fingerprint density at radius 3 is 2.84 bits per heavy atom. The highest BCUT2D eigenvalue weighted by Gasteiger charge is 2.16. The standard InChI is InChI=1S/C17H16N6OS/c1-12(16-21-20-14-6-2-3-9-23(14)16)18-15(24)10-13-11-25-17(19-13)22-7-4-5-8-22/h2-9,11-12H,10H2,1H3,(H,18,24). The molecule has 7 nitrogen and oxygen atoms in total. The van der Waals surface area contributed by atoms with Crippen molar-refractivity contribution < 1.29 is 4.79 Å². The summed E-state index contributed by atoms with van der Waals surface area (Å²) in [5.74, 6) is 0.611. The summed E-state index contributed by atoms with van der Waals surface area (Å²) < 4.78 is 3.80. The van der Waals surface area contributed by atoms with E-state index in [1.165, 1.54) is 11.3 Å². The molecule has 0 saturated carbocycles. The number of rotatable bonds is 5. The zero-order chi connectivity index (χ0) is 17.2. The molecule has 1 N–H and O–H groups in total. The van der Waals surface area contributed by atoms with Gasteiger partial charge in [0.25, 0.3) is 0 Å². The van der Waals surface area contributed by atoms with E-state index in [0.29, 0.717) is 5.82 Å². The van der Waals surface area contributed by atoms with Crippen LogP contribution < -0.4 is 5.32 Å². The molecule has 4 aromatic heterocycles. The smallest absolute Gasteiger partial charge is 0.226 e. The summed E-state index contributed by atoms with van der Waals surface area (Å²) in [7, 11) is 0. The van der Waals surface area contributed by atoms with Gasteiger partial charge >= 0.3 is 0 Å². The molecule has 0 aromatic carbocycles. The number of fused-ring (bicyclic) bond motifs is 1. The second kappa shape index (κ2) is 6.48. The summed E-state index contributed by atoms with van der Waals surface area (Å²) in [4.78, 5) is 16.8. The van der Waals surface area contributed by atoms with Gasteiger partial charge < -0.3 is 9.88 Å².